The molecule has 1 aromatic heterocycles. The summed E-state index contributed by atoms with van der Waals surface area (Å²) in [5.74, 6) is 3.35. The zero-order chi connectivity index (χ0) is 17.4. The van der Waals surface area contributed by atoms with Crippen LogP contribution in [0.2, 0.25) is 0 Å². The van der Waals surface area contributed by atoms with Gasteiger partial charge in [-0.2, -0.15) is 0 Å². The number of benzene rings is 1. The van der Waals surface area contributed by atoms with Gasteiger partial charge in [-0.3, -0.25) is 4.99 Å². The van der Waals surface area contributed by atoms with Crippen molar-refractivity contribution >= 4 is 29.9 Å². The highest BCUT2D eigenvalue weighted by Gasteiger charge is 2.11. The number of nitrogens with one attached hydrogen (secondary N) is 1. The second-order valence-corrected chi connectivity index (χ2v) is 5.34. The lowest BCUT2D eigenvalue weighted by Gasteiger charge is -2.23. The lowest BCUT2D eigenvalue weighted by molar-refractivity contribution is 0.382. The van der Waals surface area contributed by atoms with E-state index in [1.54, 1.807) is 27.5 Å². The molecule has 0 saturated heterocycles. The highest BCUT2D eigenvalue weighted by molar-refractivity contribution is 14.0. The van der Waals surface area contributed by atoms with Crippen molar-refractivity contribution in [3.63, 3.8) is 0 Å². The maximum absolute atomic E-state index is 5.45. The molecular weight excluding hydrogens is 433 g/mol. The van der Waals surface area contributed by atoms with Crippen LogP contribution in [-0.4, -0.2) is 45.7 Å². The Balaban J connectivity index is 0.00000312. The summed E-state index contributed by atoms with van der Waals surface area (Å²) < 4.78 is 16.0. The summed E-state index contributed by atoms with van der Waals surface area (Å²) >= 11 is 0. The first kappa shape index (κ1) is 21.1. The summed E-state index contributed by atoms with van der Waals surface area (Å²) in [6.45, 7) is 1.43. The SMILES string of the molecule is CN=C(NCCc1ccco1)N(C)Cc1ccc(OC)cc1OC.I. The van der Waals surface area contributed by atoms with E-state index in [9.17, 15) is 0 Å². The molecule has 0 aliphatic rings. The molecule has 138 valence electrons. The number of halogens is 1. The first-order valence-corrected chi connectivity index (χ1v) is 7.83. The van der Waals surface area contributed by atoms with E-state index in [0.29, 0.717) is 6.54 Å². The van der Waals surface area contributed by atoms with Gasteiger partial charge < -0.3 is 24.1 Å². The molecular formula is C18H26IN3O3. The van der Waals surface area contributed by atoms with Crippen molar-refractivity contribution in [2.75, 3.05) is 34.9 Å². The number of methoxy groups -OCH3 is 2. The molecule has 0 saturated carbocycles. The van der Waals surface area contributed by atoms with Gasteiger partial charge in [0.1, 0.15) is 17.3 Å². The second-order valence-electron chi connectivity index (χ2n) is 5.34. The normalized spacial score (nSPS) is 10.8. The molecule has 0 aliphatic heterocycles. The summed E-state index contributed by atoms with van der Waals surface area (Å²) in [4.78, 5) is 6.38. The van der Waals surface area contributed by atoms with Crippen LogP contribution in [0.25, 0.3) is 0 Å². The monoisotopic (exact) mass is 459 g/mol. The van der Waals surface area contributed by atoms with Crippen LogP contribution in [0.15, 0.2) is 46.0 Å². The average Bonchev–Trinajstić information content (AvgIpc) is 3.12. The maximum Gasteiger partial charge on any atom is 0.193 e. The molecule has 0 radical (unpaired) electrons. The first-order valence-electron chi connectivity index (χ1n) is 7.83. The maximum atomic E-state index is 5.45. The lowest BCUT2D eigenvalue weighted by Crippen LogP contribution is -2.39. The van der Waals surface area contributed by atoms with Gasteiger partial charge in [0, 0.05) is 45.2 Å². The molecule has 0 unspecified atom stereocenters. The van der Waals surface area contributed by atoms with Gasteiger partial charge in [-0.05, 0) is 24.3 Å². The predicted molar refractivity (Wildman–Crippen MR) is 110 cm³/mol. The largest absolute Gasteiger partial charge is 0.497 e. The van der Waals surface area contributed by atoms with Gasteiger partial charge in [-0.15, -0.1) is 24.0 Å². The summed E-state index contributed by atoms with van der Waals surface area (Å²) in [6.07, 6.45) is 2.50. The number of hydrogen-bond donors (Lipinski definition) is 1. The van der Waals surface area contributed by atoms with Crippen LogP contribution < -0.4 is 14.8 Å². The average molecular weight is 459 g/mol. The quantitative estimate of drug-likeness (QED) is 0.392. The Labute approximate surface area is 166 Å². The van der Waals surface area contributed by atoms with Gasteiger partial charge in [-0.1, -0.05) is 0 Å². The van der Waals surface area contributed by atoms with Crippen LogP contribution >= 0.6 is 24.0 Å². The fourth-order valence-electron chi connectivity index (χ4n) is 2.45. The van der Waals surface area contributed by atoms with Crippen molar-refractivity contribution in [2.24, 2.45) is 4.99 Å². The van der Waals surface area contributed by atoms with Crippen LogP contribution in [0.1, 0.15) is 11.3 Å². The Morgan fingerprint density at radius 3 is 2.64 bits per heavy atom. The number of nitrogens with zero attached hydrogens (tertiary/aromatic N) is 2. The first-order chi connectivity index (χ1) is 11.7. The predicted octanol–water partition coefficient (Wildman–Crippen LogP) is 3.16. The van der Waals surface area contributed by atoms with Gasteiger partial charge >= 0.3 is 0 Å². The minimum absolute atomic E-state index is 0. The number of hydrogen-bond acceptors (Lipinski definition) is 4. The number of furan rings is 1. The molecule has 0 amide bonds. The van der Waals surface area contributed by atoms with E-state index >= 15 is 0 Å². The smallest absolute Gasteiger partial charge is 0.193 e. The topological polar surface area (TPSA) is 59.2 Å². The summed E-state index contributed by atoms with van der Waals surface area (Å²) in [5, 5.41) is 3.34. The van der Waals surface area contributed by atoms with Crippen molar-refractivity contribution < 1.29 is 13.9 Å². The van der Waals surface area contributed by atoms with E-state index in [0.717, 1.165) is 41.7 Å². The van der Waals surface area contributed by atoms with Crippen LogP contribution in [0.3, 0.4) is 0 Å². The van der Waals surface area contributed by atoms with E-state index in [1.807, 2.05) is 42.3 Å². The van der Waals surface area contributed by atoms with Gasteiger partial charge in [-0.25, -0.2) is 0 Å². The number of rotatable bonds is 7. The van der Waals surface area contributed by atoms with Crippen molar-refractivity contribution in [3.05, 3.63) is 47.9 Å². The summed E-state index contributed by atoms with van der Waals surface area (Å²) in [5.41, 5.74) is 1.06. The molecule has 1 heterocycles. The van der Waals surface area contributed by atoms with E-state index < -0.39 is 0 Å². The Kier molecular flexibility index (Phi) is 9.18. The van der Waals surface area contributed by atoms with Gasteiger partial charge in [0.25, 0.3) is 0 Å². The third kappa shape index (κ3) is 6.15. The van der Waals surface area contributed by atoms with Gasteiger partial charge in [0.15, 0.2) is 5.96 Å². The Morgan fingerprint density at radius 2 is 2.04 bits per heavy atom. The highest BCUT2D eigenvalue weighted by atomic mass is 127. The third-order valence-corrected chi connectivity index (χ3v) is 3.71. The fraction of sp³-hybridized carbons (Fsp3) is 0.389. The number of aliphatic imine (C=N–C) groups is 1. The molecule has 2 aromatic rings. The van der Waals surface area contributed by atoms with E-state index in [-0.39, 0.29) is 24.0 Å². The number of guanidine groups is 1. The fourth-order valence-corrected chi connectivity index (χ4v) is 2.45. The zero-order valence-corrected chi connectivity index (χ0v) is 17.4. The Bertz CT molecular complexity index is 660. The van der Waals surface area contributed by atoms with E-state index in [4.69, 9.17) is 13.9 Å². The lowest BCUT2D eigenvalue weighted by atomic mass is 10.2. The van der Waals surface area contributed by atoms with Crippen LogP contribution in [0.5, 0.6) is 11.5 Å². The van der Waals surface area contributed by atoms with Crippen LogP contribution in [-0.2, 0) is 13.0 Å². The van der Waals surface area contributed by atoms with Crippen molar-refractivity contribution in [2.45, 2.75) is 13.0 Å². The minimum atomic E-state index is 0. The van der Waals surface area contributed by atoms with Gasteiger partial charge in [0.2, 0.25) is 0 Å². The zero-order valence-electron chi connectivity index (χ0n) is 15.1. The molecule has 6 nitrogen and oxygen atoms in total. The third-order valence-electron chi connectivity index (χ3n) is 3.71. The molecule has 0 bridgehead atoms. The van der Waals surface area contributed by atoms with E-state index in [2.05, 4.69) is 10.3 Å². The van der Waals surface area contributed by atoms with Crippen LogP contribution in [0, 0.1) is 0 Å². The molecule has 1 aromatic carbocycles. The molecule has 1 N–H and O–H groups in total. The Hall–Kier alpha value is -1.90. The van der Waals surface area contributed by atoms with Gasteiger partial charge in [0.05, 0.1) is 20.5 Å². The molecule has 0 aliphatic carbocycles. The van der Waals surface area contributed by atoms with Crippen molar-refractivity contribution in [1.29, 1.82) is 0 Å². The second kappa shape index (κ2) is 10.9. The standard InChI is InChI=1S/C18H25N3O3.HI/c1-19-18(20-10-9-15-6-5-11-24-15)21(2)13-14-7-8-16(22-3)12-17(14)23-4;/h5-8,11-12H,9-10,13H2,1-4H3,(H,19,20);1H. The highest BCUT2D eigenvalue weighted by Crippen LogP contribution is 2.25. The molecule has 0 spiro atoms. The number of ether oxygens (including phenoxy) is 2. The summed E-state index contributed by atoms with van der Waals surface area (Å²) in [7, 11) is 7.07. The molecule has 2 rings (SSSR count). The minimum Gasteiger partial charge on any atom is -0.497 e. The van der Waals surface area contributed by atoms with Crippen molar-refractivity contribution in [1.82, 2.24) is 10.2 Å². The summed E-state index contributed by atoms with van der Waals surface area (Å²) in [6, 6.07) is 9.68. The molecule has 25 heavy (non-hydrogen) atoms. The van der Waals surface area contributed by atoms with Crippen molar-refractivity contribution in [3.8, 4) is 11.5 Å². The van der Waals surface area contributed by atoms with Crippen LogP contribution in [0.4, 0.5) is 0 Å². The molecule has 0 fully saturated rings. The molecule has 0 atom stereocenters. The Morgan fingerprint density at radius 1 is 1.24 bits per heavy atom. The molecule has 7 heteroatoms. The van der Waals surface area contributed by atoms with E-state index in [1.165, 1.54) is 0 Å².